The van der Waals surface area contributed by atoms with Crippen LogP contribution in [0.15, 0.2) is 72.8 Å². The van der Waals surface area contributed by atoms with Crippen molar-refractivity contribution in [2.75, 3.05) is 13.7 Å². The molecular formula is C26H29NO4. The van der Waals surface area contributed by atoms with Crippen LogP contribution in [-0.4, -0.2) is 31.1 Å². The molecule has 2 rings (SSSR count). The molecule has 1 atom stereocenters. The first-order valence-electron chi connectivity index (χ1n) is 10.3. The van der Waals surface area contributed by atoms with Crippen molar-refractivity contribution < 1.29 is 19.1 Å². The van der Waals surface area contributed by atoms with Crippen molar-refractivity contribution in [1.82, 2.24) is 5.32 Å². The molecule has 0 unspecified atom stereocenters. The van der Waals surface area contributed by atoms with Crippen LogP contribution in [0.1, 0.15) is 42.1 Å². The van der Waals surface area contributed by atoms with Gasteiger partial charge in [0, 0.05) is 12.0 Å². The van der Waals surface area contributed by atoms with E-state index in [1.807, 2.05) is 36.4 Å². The molecule has 0 saturated heterocycles. The van der Waals surface area contributed by atoms with E-state index in [9.17, 15) is 9.59 Å². The number of unbranched alkanes of at least 4 members (excludes halogenated alkanes) is 2. The maximum absolute atomic E-state index is 12.8. The summed E-state index contributed by atoms with van der Waals surface area (Å²) in [5.74, 6) is 4.94. The SMILES string of the molecule is CCCCC#C/C=C/[C@](COCc1ccccc1)(NC(=O)c1ccccc1)C(=O)OC. The lowest BCUT2D eigenvalue weighted by atomic mass is 9.98. The van der Waals surface area contributed by atoms with Gasteiger partial charge in [-0.05, 0) is 36.3 Å². The van der Waals surface area contributed by atoms with Crippen molar-refractivity contribution in [3.63, 3.8) is 0 Å². The third-order valence-corrected chi connectivity index (χ3v) is 4.57. The molecule has 2 aromatic carbocycles. The van der Waals surface area contributed by atoms with Crippen LogP contribution in [0.3, 0.4) is 0 Å². The molecule has 0 aliphatic heterocycles. The zero-order valence-corrected chi connectivity index (χ0v) is 18.1. The number of hydrogen-bond acceptors (Lipinski definition) is 4. The highest BCUT2D eigenvalue weighted by molar-refractivity contribution is 5.99. The van der Waals surface area contributed by atoms with Gasteiger partial charge in [-0.15, -0.1) is 0 Å². The van der Waals surface area contributed by atoms with Crippen LogP contribution in [0.4, 0.5) is 0 Å². The Labute approximate surface area is 184 Å². The fourth-order valence-electron chi connectivity index (χ4n) is 2.83. The van der Waals surface area contributed by atoms with Gasteiger partial charge >= 0.3 is 5.97 Å². The summed E-state index contributed by atoms with van der Waals surface area (Å²) < 4.78 is 10.8. The van der Waals surface area contributed by atoms with Crippen LogP contribution in [0.25, 0.3) is 0 Å². The Balaban J connectivity index is 2.25. The van der Waals surface area contributed by atoms with Gasteiger partial charge in [0.05, 0.1) is 20.3 Å². The Morgan fingerprint density at radius 2 is 1.74 bits per heavy atom. The van der Waals surface area contributed by atoms with Crippen LogP contribution in [-0.2, 0) is 20.9 Å². The summed E-state index contributed by atoms with van der Waals surface area (Å²) in [5, 5.41) is 2.79. The maximum Gasteiger partial charge on any atom is 0.338 e. The molecule has 0 heterocycles. The number of ether oxygens (including phenoxy) is 2. The lowest BCUT2D eigenvalue weighted by Crippen LogP contribution is -2.57. The molecule has 0 aromatic heterocycles. The van der Waals surface area contributed by atoms with Crippen LogP contribution >= 0.6 is 0 Å². The van der Waals surface area contributed by atoms with Gasteiger partial charge in [0.25, 0.3) is 5.91 Å². The molecule has 2 aromatic rings. The molecule has 0 fully saturated rings. The van der Waals surface area contributed by atoms with E-state index < -0.39 is 17.4 Å². The molecule has 31 heavy (non-hydrogen) atoms. The van der Waals surface area contributed by atoms with E-state index in [2.05, 4.69) is 24.1 Å². The molecule has 1 amide bonds. The van der Waals surface area contributed by atoms with Crippen molar-refractivity contribution in [1.29, 1.82) is 0 Å². The Morgan fingerprint density at radius 3 is 2.39 bits per heavy atom. The second-order valence-electron chi connectivity index (χ2n) is 7.02. The maximum atomic E-state index is 12.8. The summed E-state index contributed by atoms with van der Waals surface area (Å²) in [6.45, 7) is 2.29. The number of benzene rings is 2. The first-order valence-corrected chi connectivity index (χ1v) is 10.3. The fraction of sp³-hybridized carbons (Fsp3) is 0.308. The van der Waals surface area contributed by atoms with Gasteiger partial charge in [-0.3, -0.25) is 4.79 Å². The fourth-order valence-corrected chi connectivity index (χ4v) is 2.83. The van der Waals surface area contributed by atoms with E-state index in [4.69, 9.17) is 9.47 Å². The average Bonchev–Trinajstić information content (AvgIpc) is 2.81. The number of amides is 1. The molecule has 5 nitrogen and oxygen atoms in total. The Hall–Kier alpha value is -3.36. The van der Waals surface area contributed by atoms with Crippen molar-refractivity contribution in [2.24, 2.45) is 0 Å². The number of allylic oxidation sites excluding steroid dienone is 1. The van der Waals surface area contributed by atoms with Gasteiger partial charge in [-0.1, -0.05) is 73.7 Å². The average molecular weight is 420 g/mol. The largest absolute Gasteiger partial charge is 0.467 e. The highest BCUT2D eigenvalue weighted by Crippen LogP contribution is 2.15. The molecule has 5 heteroatoms. The highest BCUT2D eigenvalue weighted by Gasteiger charge is 2.39. The van der Waals surface area contributed by atoms with Crippen LogP contribution < -0.4 is 5.32 Å². The van der Waals surface area contributed by atoms with E-state index in [1.54, 1.807) is 36.4 Å². The third-order valence-electron chi connectivity index (χ3n) is 4.57. The normalized spacial score (nSPS) is 12.5. The van der Waals surface area contributed by atoms with Gasteiger partial charge in [-0.25, -0.2) is 4.79 Å². The van der Waals surface area contributed by atoms with Crippen LogP contribution in [0.5, 0.6) is 0 Å². The van der Waals surface area contributed by atoms with Crippen molar-refractivity contribution in [3.05, 3.63) is 83.9 Å². The van der Waals surface area contributed by atoms with E-state index in [-0.39, 0.29) is 13.2 Å². The minimum Gasteiger partial charge on any atom is -0.467 e. The van der Waals surface area contributed by atoms with Gasteiger partial charge < -0.3 is 14.8 Å². The van der Waals surface area contributed by atoms with Gasteiger partial charge in [-0.2, -0.15) is 0 Å². The van der Waals surface area contributed by atoms with Crippen molar-refractivity contribution in [3.8, 4) is 11.8 Å². The molecule has 162 valence electrons. The van der Waals surface area contributed by atoms with E-state index in [0.717, 1.165) is 24.8 Å². The van der Waals surface area contributed by atoms with Gasteiger partial charge in [0.2, 0.25) is 0 Å². The predicted molar refractivity (Wildman–Crippen MR) is 121 cm³/mol. The summed E-state index contributed by atoms with van der Waals surface area (Å²) in [6, 6.07) is 18.3. The zero-order chi connectivity index (χ0) is 22.4. The lowest BCUT2D eigenvalue weighted by molar-refractivity contribution is -0.148. The molecule has 0 aliphatic rings. The minimum absolute atomic E-state index is 0.0969. The van der Waals surface area contributed by atoms with Crippen LogP contribution in [0, 0.1) is 11.8 Å². The second-order valence-corrected chi connectivity index (χ2v) is 7.02. The zero-order valence-electron chi connectivity index (χ0n) is 18.1. The molecule has 1 N–H and O–H groups in total. The Kier molecular flexibility index (Phi) is 10.1. The summed E-state index contributed by atoms with van der Waals surface area (Å²) in [6.07, 6.45) is 5.96. The summed E-state index contributed by atoms with van der Waals surface area (Å²) in [5.41, 5.74) is -0.115. The molecule has 0 aliphatic carbocycles. The second kappa shape index (κ2) is 13.0. The summed E-state index contributed by atoms with van der Waals surface area (Å²) >= 11 is 0. The molecule has 0 bridgehead atoms. The van der Waals surface area contributed by atoms with E-state index >= 15 is 0 Å². The molecule has 0 spiro atoms. The summed E-state index contributed by atoms with van der Waals surface area (Å²) in [7, 11) is 1.28. The number of carbonyl (C=O) groups is 2. The summed E-state index contributed by atoms with van der Waals surface area (Å²) in [4.78, 5) is 25.6. The third kappa shape index (κ3) is 7.76. The van der Waals surface area contributed by atoms with Gasteiger partial charge in [0.1, 0.15) is 0 Å². The highest BCUT2D eigenvalue weighted by atomic mass is 16.5. The molecule has 0 radical (unpaired) electrons. The first-order chi connectivity index (χ1) is 15.1. The van der Waals surface area contributed by atoms with Crippen LogP contribution in [0.2, 0.25) is 0 Å². The molecule has 0 saturated carbocycles. The van der Waals surface area contributed by atoms with Gasteiger partial charge in [0.15, 0.2) is 5.54 Å². The number of carbonyl (C=O) groups excluding carboxylic acids is 2. The predicted octanol–water partition coefficient (Wildman–Crippen LogP) is 4.29. The number of methoxy groups -OCH3 is 1. The van der Waals surface area contributed by atoms with E-state index in [0.29, 0.717) is 5.56 Å². The minimum atomic E-state index is -1.50. The smallest absolute Gasteiger partial charge is 0.338 e. The number of esters is 1. The standard InChI is InChI=1S/C26H29NO4/c1-3-4-5-6-7-14-19-26(25(29)30-2,21-31-20-22-15-10-8-11-16-22)27-24(28)23-17-12-9-13-18-23/h8-19H,3-5,20-21H2,1-2H3,(H,27,28)/b19-14+/t26-/m1/s1. The number of hydrogen-bond donors (Lipinski definition) is 1. The monoisotopic (exact) mass is 419 g/mol. The Morgan fingerprint density at radius 1 is 1.06 bits per heavy atom. The lowest BCUT2D eigenvalue weighted by Gasteiger charge is -2.28. The first kappa shape index (κ1) is 23.9. The topological polar surface area (TPSA) is 64.6 Å². The molecular weight excluding hydrogens is 390 g/mol. The van der Waals surface area contributed by atoms with Crippen molar-refractivity contribution >= 4 is 11.9 Å². The quantitative estimate of drug-likeness (QED) is 0.354. The Bertz CT molecular complexity index is 913. The number of rotatable bonds is 10. The number of nitrogens with one attached hydrogen (secondary N) is 1. The van der Waals surface area contributed by atoms with E-state index in [1.165, 1.54) is 7.11 Å². The van der Waals surface area contributed by atoms with Crippen molar-refractivity contribution in [2.45, 2.75) is 38.3 Å².